The number of nitrogens with one attached hydrogen (secondary N) is 1. The minimum atomic E-state index is -0.565. The summed E-state index contributed by atoms with van der Waals surface area (Å²) in [6.07, 6.45) is 1.71. The largest absolute Gasteiger partial charge is 0.354 e. The SMILES string of the molecule is CCCNC(=O)[C@@H](Cc1ccccc1)N(Cc1ccc(C)cc1)C(=O)CCSc1ccccc1. The van der Waals surface area contributed by atoms with Gasteiger partial charge in [0.25, 0.3) is 0 Å². The average molecular weight is 475 g/mol. The lowest BCUT2D eigenvalue weighted by Crippen LogP contribution is -2.50. The monoisotopic (exact) mass is 474 g/mol. The van der Waals surface area contributed by atoms with Crippen molar-refractivity contribution in [3.05, 3.63) is 102 Å². The van der Waals surface area contributed by atoms with E-state index in [9.17, 15) is 9.59 Å². The van der Waals surface area contributed by atoms with E-state index in [1.165, 1.54) is 5.56 Å². The van der Waals surface area contributed by atoms with Crippen molar-refractivity contribution >= 4 is 23.6 Å². The fourth-order valence-electron chi connectivity index (χ4n) is 3.73. The normalized spacial score (nSPS) is 11.6. The number of hydrogen-bond acceptors (Lipinski definition) is 3. The first-order chi connectivity index (χ1) is 16.6. The second-order valence-corrected chi connectivity index (χ2v) is 9.58. The quantitative estimate of drug-likeness (QED) is 0.346. The number of aryl methyl sites for hydroxylation is 1. The van der Waals surface area contributed by atoms with Gasteiger partial charge in [0.2, 0.25) is 11.8 Å². The molecule has 178 valence electrons. The van der Waals surface area contributed by atoms with Crippen molar-refractivity contribution in [1.82, 2.24) is 10.2 Å². The van der Waals surface area contributed by atoms with E-state index < -0.39 is 6.04 Å². The summed E-state index contributed by atoms with van der Waals surface area (Å²) in [7, 11) is 0. The van der Waals surface area contributed by atoms with Crippen LogP contribution < -0.4 is 5.32 Å². The average Bonchev–Trinajstić information content (AvgIpc) is 2.87. The van der Waals surface area contributed by atoms with Crippen LogP contribution in [0.15, 0.2) is 89.8 Å². The van der Waals surface area contributed by atoms with Gasteiger partial charge < -0.3 is 10.2 Å². The van der Waals surface area contributed by atoms with E-state index in [2.05, 4.69) is 17.4 Å². The minimum Gasteiger partial charge on any atom is -0.354 e. The Balaban J connectivity index is 1.82. The molecule has 0 bridgehead atoms. The van der Waals surface area contributed by atoms with Gasteiger partial charge in [0.05, 0.1) is 0 Å². The number of benzene rings is 3. The maximum absolute atomic E-state index is 13.5. The fourth-order valence-corrected chi connectivity index (χ4v) is 4.59. The molecule has 3 rings (SSSR count). The molecule has 0 aromatic heterocycles. The number of carbonyl (C=O) groups excluding carboxylic acids is 2. The van der Waals surface area contributed by atoms with Gasteiger partial charge in [0.1, 0.15) is 6.04 Å². The highest BCUT2D eigenvalue weighted by Gasteiger charge is 2.30. The topological polar surface area (TPSA) is 49.4 Å². The van der Waals surface area contributed by atoms with Gasteiger partial charge in [-0.2, -0.15) is 0 Å². The van der Waals surface area contributed by atoms with Crippen molar-refractivity contribution in [3.8, 4) is 0 Å². The van der Waals surface area contributed by atoms with Crippen LogP contribution in [-0.4, -0.2) is 35.1 Å². The molecule has 0 saturated heterocycles. The van der Waals surface area contributed by atoms with Gasteiger partial charge in [-0.3, -0.25) is 9.59 Å². The van der Waals surface area contributed by atoms with Gasteiger partial charge in [0, 0.05) is 36.6 Å². The Kier molecular flexibility index (Phi) is 10.2. The molecule has 0 aliphatic heterocycles. The Morgan fingerprint density at radius 3 is 2.18 bits per heavy atom. The molecule has 0 unspecified atom stereocenters. The predicted octanol–water partition coefficient (Wildman–Crippen LogP) is 5.64. The molecule has 2 amide bonds. The first-order valence-electron chi connectivity index (χ1n) is 11.9. The maximum atomic E-state index is 13.5. The van der Waals surface area contributed by atoms with E-state index in [0.717, 1.165) is 22.4 Å². The molecule has 0 spiro atoms. The summed E-state index contributed by atoms with van der Waals surface area (Å²) in [4.78, 5) is 29.7. The van der Waals surface area contributed by atoms with E-state index in [-0.39, 0.29) is 11.8 Å². The number of amides is 2. The van der Waals surface area contributed by atoms with Gasteiger partial charge in [-0.25, -0.2) is 0 Å². The van der Waals surface area contributed by atoms with Crippen LogP contribution in [0.4, 0.5) is 0 Å². The Hall–Kier alpha value is -3.05. The van der Waals surface area contributed by atoms with Crippen molar-refractivity contribution in [2.75, 3.05) is 12.3 Å². The molecule has 3 aromatic carbocycles. The van der Waals surface area contributed by atoms with Crippen LogP contribution in [0.25, 0.3) is 0 Å². The smallest absolute Gasteiger partial charge is 0.243 e. The van der Waals surface area contributed by atoms with E-state index in [4.69, 9.17) is 0 Å². The summed E-state index contributed by atoms with van der Waals surface area (Å²) in [6, 6.07) is 27.6. The van der Waals surface area contributed by atoms with Gasteiger partial charge >= 0.3 is 0 Å². The summed E-state index contributed by atoms with van der Waals surface area (Å²) in [5.41, 5.74) is 3.23. The summed E-state index contributed by atoms with van der Waals surface area (Å²) < 4.78 is 0. The molecule has 3 aromatic rings. The Morgan fingerprint density at radius 1 is 0.882 bits per heavy atom. The molecule has 1 N–H and O–H groups in total. The van der Waals surface area contributed by atoms with Crippen molar-refractivity contribution in [2.45, 2.75) is 50.6 Å². The van der Waals surface area contributed by atoms with Crippen LogP contribution in [0, 0.1) is 6.92 Å². The van der Waals surface area contributed by atoms with Crippen molar-refractivity contribution in [1.29, 1.82) is 0 Å². The van der Waals surface area contributed by atoms with Crippen LogP contribution in [0.2, 0.25) is 0 Å². The zero-order valence-corrected chi connectivity index (χ0v) is 20.9. The van der Waals surface area contributed by atoms with Crippen LogP contribution in [0.3, 0.4) is 0 Å². The van der Waals surface area contributed by atoms with Gasteiger partial charge in [0.15, 0.2) is 0 Å². The van der Waals surface area contributed by atoms with Crippen LogP contribution in [0.1, 0.15) is 36.5 Å². The van der Waals surface area contributed by atoms with E-state index in [1.54, 1.807) is 16.7 Å². The van der Waals surface area contributed by atoms with Crippen LogP contribution in [-0.2, 0) is 22.6 Å². The van der Waals surface area contributed by atoms with Gasteiger partial charge in [-0.1, -0.05) is 85.3 Å². The first-order valence-corrected chi connectivity index (χ1v) is 12.9. The molecule has 34 heavy (non-hydrogen) atoms. The lowest BCUT2D eigenvalue weighted by Gasteiger charge is -2.31. The third-order valence-electron chi connectivity index (χ3n) is 5.62. The van der Waals surface area contributed by atoms with Crippen LogP contribution >= 0.6 is 11.8 Å². The van der Waals surface area contributed by atoms with Crippen molar-refractivity contribution in [2.24, 2.45) is 0 Å². The standard InChI is InChI=1S/C29H34N2O2S/c1-3-19-30-29(33)27(21-24-10-6-4-7-11-24)31(22-25-16-14-23(2)15-17-25)28(32)18-20-34-26-12-8-5-9-13-26/h4-17,27H,3,18-22H2,1-2H3,(H,30,33)/t27-/m1/s1. The molecule has 5 heteroatoms. The van der Waals surface area contributed by atoms with E-state index in [0.29, 0.717) is 31.7 Å². The van der Waals surface area contributed by atoms with Crippen LogP contribution in [0.5, 0.6) is 0 Å². The number of thioether (sulfide) groups is 1. The third-order valence-corrected chi connectivity index (χ3v) is 6.64. The van der Waals surface area contributed by atoms with E-state index in [1.807, 2.05) is 86.6 Å². The Labute approximate surface area is 207 Å². The zero-order valence-electron chi connectivity index (χ0n) is 20.1. The molecule has 0 aliphatic carbocycles. The Morgan fingerprint density at radius 2 is 1.53 bits per heavy atom. The van der Waals surface area contributed by atoms with Crippen molar-refractivity contribution in [3.63, 3.8) is 0 Å². The second kappa shape index (κ2) is 13.6. The molecular weight excluding hydrogens is 440 g/mol. The molecule has 4 nitrogen and oxygen atoms in total. The predicted molar refractivity (Wildman–Crippen MR) is 141 cm³/mol. The maximum Gasteiger partial charge on any atom is 0.243 e. The lowest BCUT2D eigenvalue weighted by atomic mass is 10.0. The minimum absolute atomic E-state index is 0.00316. The van der Waals surface area contributed by atoms with Gasteiger partial charge in [-0.05, 0) is 36.6 Å². The van der Waals surface area contributed by atoms with Crippen molar-refractivity contribution < 1.29 is 9.59 Å². The number of carbonyl (C=O) groups is 2. The molecular formula is C29H34N2O2S. The highest BCUT2D eigenvalue weighted by Crippen LogP contribution is 2.21. The summed E-state index contributed by atoms with van der Waals surface area (Å²) in [6.45, 7) is 5.08. The molecule has 0 saturated carbocycles. The molecule has 0 aliphatic rings. The summed E-state index contributed by atoms with van der Waals surface area (Å²) in [5, 5.41) is 3.03. The number of rotatable bonds is 12. The molecule has 0 heterocycles. The zero-order chi connectivity index (χ0) is 24.2. The van der Waals surface area contributed by atoms with E-state index >= 15 is 0 Å². The van der Waals surface area contributed by atoms with Gasteiger partial charge in [-0.15, -0.1) is 11.8 Å². The molecule has 0 radical (unpaired) electrons. The highest BCUT2D eigenvalue weighted by molar-refractivity contribution is 7.99. The first kappa shape index (κ1) is 25.6. The summed E-state index contributed by atoms with van der Waals surface area (Å²) >= 11 is 1.66. The molecule has 1 atom stereocenters. The number of hydrogen-bond donors (Lipinski definition) is 1. The summed E-state index contributed by atoms with van der Waals surface area (Å²) in [5.74, 6) is 0.570. The fraction of sp³-hybridized carbons (Fsp3) is 0.310. The lowest BCUT2D eigenvalue weighted by molar-refractivity contribution is -0.141. The number of nitrogens with zero attached hydrogens (tertiary/aromatic N) is 1. The second-order valence-electron chi connectivity index (χ2n) is 8.42. The Bertz CT molecular complexity index is 1020. The third kappa shape index (κ3) is 8.07. The molecule has 0 fully saturated rings. The highest BCUT2D eigenvalue weighted by atomic mass is 32.2.